The van der Waals surface area contributed by atoms with Gasteiger partial charge in [-0.05, 0) is 38.8 Å². The molecule has 0 aromatic carbocycles. The van der Waals surface area contributed by atoms with E-state index >= 15 is 0 Å². The Hall–Kier alpha value is -1.26. The van der Waals surface area contributed by atoms with Crippen molar-refractivity contribution in [3.8, 4) is 0 Å². The average Bonchev–Trinajstić information content (AvgIpc) is 2.69. The lowest BCUT2D eigenvalue weighted by atomic mass is 9.98. The quantitative estimate of drug-likeness (QED) is 0.236. The summed E-state index contributed by atoms with van der Waals surface area (Å²) in [6.07, 6.45) is -1.30. The summed E-state index contributed by atoms with van der Waals surface area (Å²) in [7, 11) is 0. The molecular weight excluding hydrogens is 382 g/mol. The minimum absolute atomic E-state index is 0.122. The van der Waals surface area contributed by atoms with Crippen LogP contribution in [0.5, 0.6) is 0 Å². The van der Waals surface area contributed by atoms with E-state index in [1.807, 2.05) is 0 Å². The highest BCUT2D eigenvalue weighted by molar-refractivity contribution is 5.70. The normalized spacial score (nSPS) is 26.9. The van der Waals surface area contributed by atoms with Crippen molar-refractivity contribution in [2.45, 2.75) is 95.9 Å². The molecule has 1 aliphatic rings. The summed E-state index contributed by atoms with van der Waals surface area (Å²) in [5.41, 5.74) is 0. The van der Waals surface area contributed by atoms with Crippen LogP contribution < -0.4 is 5.32 Å². The molecule has 9 nitrogen and oxygen atoms in total. The van der Waals surface area contributed by atoms with Crippen molar-refractivity contribution in [1.82, 2.24) is 5.32 Å². The number of rotatable bonds is 14. The second kappa shape index (κ2) is 14.7. The van der Waals surface area contributed by atoms with Crippen molar-refractivity contribution >= 4 is 11.9 Å². The first-order valence-electron chi connectivity index (χ1n) is 10.7. The number of aliphatic hydroxyl groups excluding tert-OH is 3. The molecule has 0 aromatic rings. The number of hydrogen-bond donors (Lipinski definition) is 4. The van der Waals surface area contributed by atoms with E-state index in [0.29, 0.717) is 12.8 Å². The minimum atomic E-state index is -1.61. The molecule has 0 bridgehead atoms. The zero-order valence-corrected chi connectivity index (χ0v) is 17.5. The molecule has 0 spiro atoms. The summed E-state index contributed by atoms with van der Waals surface area (Å²) in [4.78, 5) is 24.0. The topological polar surface area (TPSA) is 135 Å². The van der Waals surface area contributed by atoms with Crippen LogP contribution in [0.1, 0.15) is 65.2 Å². The number of esters is 2. The van der Waals surface area contributed by atoms with Gasteiger partial charge in [0.2, 0.25) is 0 Å². The molecular formula is C20H37NO8. The Bertz CT molecular complexity index is 475. The largest absolute Gasteiger partial charge is 0.455 e. The summed E-state index contributed by atoms with van der Waals surface area (Å²) < 4.78 is 15.6. The van der Waals surface area contributed by atoms with Crippen molar-refractivity contribution in [3.63, 3.8) is 0 Å². The molecule has 0 aliphatic carbocycles. The lowest BCUT2D eigenvalue weighted by Crippen LogP contribution is -2.61. The van der Waals surface area contributed by atoms with Crippen LogP contribution in [-0.4, -0.2) is 77.7 Å². The molecule has 1 aliphatic heterocycles. The zero-order chi connectivity index (χ0) is 21.6. The van der Waals surface area contributed by atoms with E-state index < -0.39 is 49.3 Å². The number of carbonyl (C=O) groups is 2. The van der Waals surface area contributed by atoms with Crippen LogP contribution in [0.2, 0.25) is 0 Å². The lowest BCUT2D eigenvalue weighted by molar-refractivity contribution is -0.293. The number of aliphatic hydroxyl groups is 3. The van der Waals surface area contributed by atoms with Crippen LogP contribution in [0, 0.1) is 0 Å². The lowest BCUT2D eigenvalue weighted by Gasteiger charge is -2.41. The van der Waals surface area contributed by atoms with Crippen LogP contribution in [-0.2, 0) is 23.8 Å². The molecule has 1 fully saturated rings. The van der Waals surface area contributed by atoms with Gasteiger partial charge in [0.15, 0.2) is 18.5 Å². The van der Waals surface area contributed by atoms with E-state index in [1.54, 1.807) is 6.92 Å². The first-order chi connectivity index (χ1) is 13.9. The standard InChI is InChI=1S/C20H37NO8/c1-3-5-11-21-12-8-6-7-10-16(24)29-19-18(28-15(23)9-4-2)17(25)14(13-22)27-20(19)26/h14,17-22,25-26H,3-13H2,1-2H3/t14?,17-,18-,19?,20+/m0/s1. The fourth-order valence-electron chi connectivity index (χ4n) is 3.07. The van der Waals surface area contributed by atoms with Crippen LogP contribution >= 0.6 is 0 Å². The van der Waals surface area contributed by atoms with Crippen molar-refractivity contribution in [3.05, 3.63) is 0 Å². The van der Waals surface area contributed by atoms with Gasteiger partial charge in [0.05, 0.1) is 6.61 Å². The highest BCUT2D eigenvalue weighted by Gasteiger charge is 2.48. The number of hydrogen-bond acceptors (Lipinski definition) is 9. The Morgan fingerprint density at radius 2 is 1.55 bits per heavy atom. The average molecular weight is 420 g/mol. The Balaban J connectivity index is 2.49. The Labute approximate surface area is 172 Å². The van der Waals surface area contributed by atoms with Gasteiger partial charge in [-0.1, -0.05) is 26.7 Å². The maximum absolute atomic E-state index is 12.2. The smallest absolute Gasteiger partial charge is 0.306 e. The molecule has 5 atom stereocenters. The van der Waals surface area contributed by atoms with Crippen LogP contribution in [0.3, 0.4) is 0 Å². The van der Waals surface area contributed by atoms with Gasteiger partial charge in [0, 0.05) is 12.8 Å². The molecule has 1 rings (SSSR count). The molecule has 1 heterocycles. The molecule has 4 N–H and O–H groups in total. The predicted octanol–water partition coefficient (Wildman–Crippen LogP) is 0.631. The third-order valence-corrected chi connectivity index (χ3v) is 4.75. The first kappa shape index (κ1) is 25.8. The van der Waals surface area contributed by atoms with Gasteiger partial charge in [0.25, 0.3) is 0 Å². The molecule has 0 radical (unpaired) electrons. The van der Waals surface area contributed by atoms with Gasteiger partial charge >= 0.3 is 11.9 Å². The molecule has 9 heteroatoms. The van der Waals surface area contributed by atoms with Gasteiger partial charge in [-0.25, -0.2) is 0 Å². The Kier molecular flexibility index (Phi) is 13.0. The molecule has 170 valence electrons. The molecule has 2 unspecified atom stereocenters. The van der Waals surface area contributed by atoms with Gasteiger partial charge in [-0.2, -0.15) is 0 Å². The van der Waals surface area contributed by atoms with E-state index in [-0.39, 0.29) is 12.8 Å². The maximum atomic E-state index is 12.2. The molecule has 0 saturated carbocycles. The maximum Gasteiger partial charge on any atom is 0.306 e. The number of unbranched alkanes of at least 4 members (excludes halogenated alkanes) is 3. The van der Waals surface area contributed by atoms with E-state index in [0.717, 1.165) is 38.8 Å². The summed E-state index contributed by atoms with van der Waals surface area (Å²) in [6.45, 7) is 5.25. The molecule has 0 amide bonds. The summed E-state index contributed by atoms with van der Waals surface area (Å²) in [5, 5.41) is 33.1. The number of ether oxygens (including phenoxy) is 3. The van der Waals surface area contributed by atoms with Crippen molar-refractivity contribution in [2.75, 3.05) is 19.7 Å². The monoisotopic (exact) mass is 419 g/mol. The van der Waals surface area contributed by atoms with Crippen molar-refractivity contribution < 1.29 is 39.1 Å². The van der Waals surface area contributed by atoms with Crippen LogP contribution in [0.15, 0.2) is 0 Å². The zero-order valence-electron chi connectivity index (χ0n) is 17.5. The van der Waals surface area contributed by atoms with E-state index in [1.165, 1.54) is 0 Å². The van der Waals surface area contributed by atoms with Gasteiger partial charge < -0.3 is 34.8 Å². The second-order valence-electron chi connectivity index (χ2n) is 7.31. The van der Waals surface area contributed by atoms with Crippen LogP contribution in [0.4, 0.5) is 0 Å². The highest BCUT2D eigenvalue weighted by Crippen LogP contribution is 2.26. The second-order valence-corrected chi connectivity index (χ2v) is 7.31. The number of carbonyl (C=O) groups excluding carboxylic acids is 2. The van der Waals surface area contributed by atoms with Gasteiger partial charge in [-0.15, -0.1) is 0 Å². The van der Waals surface area contributed by atoms with Gasteiger partial charge in [-0.3, -0.25) is 9.59 Å². The highest BCUT2D eigenvalue weighted by atomic mass is 16.7. The fourth-order valence-corrected chi connectivity index (χ4v) is 3.07. The third-order valence-electron chi connectivity index (χ3n) is 4.75. The van der Waals surface area contributed by atoms with E-state index in [2.05, 4.69) is 12.2 Å². The number of nitrogens with one attached hydrogen (secondary N) is 1. The van der Waals surface area contributed by atoms with E-state index in [9.17, 15) is 24.9 Å². The first-order valence-corrected chi connectivity index (χ1v) is 10.7. The fraction of sp³-hybridized carbons (Fsp3) is 0.900. The molecule has 0 aromatic heterocycles. The summed E-state index contributed by atoms with van der Waals surface area (Å²) in [5.74, 6) is -1.15. The molecule has 29 heavy (non-hydrogen) atoms. The van der Waals surface area contributed by atoms with E-state index in [4.69, 9.17) is 14.2 Å². The van der Waals surface area contributed by atoms with Crippen molar-refractivity contribution in [1.29, 1.82) is 0 Å². The molecule has 1 saturated heterocycles. The minimum Gasteiger partial charge on any atom is -0.455 e. The predicted molar refractivity (Wildman–Crippen MR) is 105 cm³/mol. The Morgan fingerprint density at radius 3 is 2.21 bits per heavy atom. The summed E-state index contributed by atoms with van der Waals surface area (Å²) in [6, 6.07) is 0. The SMILES string of the molecule is CCCCNCCCCCC(=O)OC1[C@H](O)OC(CO)[C@H](O)[C@@H]1OC(=O)CCC. The van der Waals surface area contributed by atoms with Crippen LogP contribution in [0.25, 0.3) is 0 Å². The van der Waals surface area contributed by atoms with Gasteiger partial charge in [0.1, 0.15) is 12.2 Å². The van der Waals surface area contributed by atoms with Crippen molar-refractivity contribution in [2.24, 2.45) is 0 Å². The third kappa shape index (κ3) is 9.39. The summed E-state index contributed by atoms with van der Waals surface area (Å²) >= 11 is 0. The Morgan fingerprint density at radius 1 is 0.897 bits per heavy atom.